The molecule has 246 valence electrons. The molecule has 4 aliphatic rings. The summed E-state index contributed by atoms with van der Waals surface area (Å²) in [5.74, 6) is 6.10. The quantitative estimate of drug-likeness (QED) is 0.122. The number of anilines is 1. The number of hydrogen-bond donors (Lipinski definition) is 0. The molecule has 5 heteroatoms. The molecule has 44 heavy (non-hydrogen) atoms. The molecule has 0 radical (unpaired) electrons. The highest BCUT2D eigenvalue weighted by Crippen LogP contribution is 2.67. The molecule has 0 N–H and O–H groups in total. The van der Waals surface area contributed by atoms with Gasteiger partial charge in [-0.3, -0.25) is 4.79 Å². The number of rotatable bonds is 13. The summed E-state index contributed by atoms with van der Waals surface area (Å²) in [5, 5.41) is 0. The van der Waals surface area contributed by atoms with Crippen molar-refractivity contribution in [1.29, 1.82) is 0 Å². The van der Waals surface area contributed by atoms with Crippen LogP contribution in [0.25, 0.3) is 0 Å². The van der Waals surface area contributed by atoms with Crippen LogP contribution in [0.2, 0.25) is 0 Å². The van der Waals surface area contributed by atoms with Crippen molar-refractivity contribution in [2.75, 3.05) is 29.7 Å². The summed E-state index contributed by atoms with van der Waals surface area (Å²) >= 11 is 11.9. The van der Waals surface area contributed by atoms with E-state index in [0.717, 1.165) is 79.1 Å². The van der Waals surface area contributed by atoms with Crippen molar-refractivity contribution in [1.82, 2.24) is 0 Å². The molecule has 1 aromatic rings. The first kappa shape index (κ1) is 34.2. The zero-order chi connectivity index (χ0) is 31.5. The van der Waals surface area contributed by atoms with E-state index < -0.39 is 0 Å². The SMILES string of the molecule is CC(C)CCC[C@@H](C)C1CC[C@H]2[C@@H]3CC=C4C[C@@H](OC(=O)Cc5ccc(N(CCCl)CCCl)cc5)CC[C@]4(C)[C@H]3CC[C@]12C. The standard InChI is InChI=1S/C39H59Cl2NO2/c1-27(2)7-6-8-28(3)34-15-16-35-33-14-11-30-26-32(17-19-38(30,4)36(33)18-20-39(34,35)5)44-37(43)25-29-9-12-31(13-10-29)42(23-21-40)24-22-41/h9-13,27-28,32-36H,6-8,14-26H2,1-5H3/t28-,32+,33+,34?,35+,36+,38+,39-/m1/s1. The van der Waals surface area contributed by atoms with Gasteiger partial charge < -0.3 is 9.64 Å². The molecule has 0 aliphatic heterocycles. The van der Waals surface area contributed by atoms with E-state index in [4.69, 9.17) is 27.9 Å². The third kappa shape index (κ3) is 7.20. The van der Waals surface area contributed by atoms with Crippen LogP contribution in [-0.2, 0) is 16.0 Å². The van der Waals surface area contributed by atoms with Gasteiger partial charge in [-0.25, -0.2) is 0 Å². The Balaban J connectivity index is 1.17. The van der Waals surface area contributed by atoms with E-state index in [-0.39, 0.29) is 17.5 Å². The molecule has 3 saturated carbocycles. The molecule has 4 aliphatic carbocycles. The summed E-state index contributed by atoms with van der Waals surface area (Å²) in [7, 11) is 0. The van der Waals surface area contributed by atoms with Crippen LogP contribution >= 0.6 is 23.2 Å². The molecule has 0 spiro atoms. The summed E-state index contributed by atoms with van der Waals surface area (Å²) in [6.45, 7) is 14.1. The van der Waals surface area contributed by atoms with Crippen molar-refractivity contribution in [3.05, 3.63) is 41.5 Å². The number of alkyl halides is 2. The van der Waals surface area contributed by atoms with E-state index in [1.54, 1.807) is 5.57 Å². The molecule has 1 unspecified atom stereocenters. The molecule has 0 amide bonds. The maximum Gasteiger partial charge on any atom is 0.310 e. The van der Waals surface area contributed by atoms with Gasteiger partial charge in [-0.1, -0.05) is 77.7 Å². The Kier molecular flexibility index (Phi) is 11.4. The third-order valence-corrected chi connectivity index (χ3v) is 13.3. The van der Waals surface area contributed by atoms with Crippen LogP contribution in [-0.4, -0.2) is 36.9 Å². The average molecular weight is 645 g/mol. The lowest BCUT2D eigenvalue weighted by Gasteiger charge is -2.58. The Morgan fingerprint density at radius 1 is 0.955 bits per heavy atom. The second-order valence-electron chi connectivity index (χ2n) is 15.9. The molecule has 0 saturated heterocycles. The number of nitrogens with zero attached hydrogens (tertiary/aromatic N) is 1. The monoisotopic (exact) mass is 643 g/mol. The van der Waals surface area contributed by atoms with Gasteiger partial charge in [0.25, 0.3) is 0 Å². The summed E-state index contributed by atoms with van der Waals surface area (Å²) in [6.07, 6.45) is 17.1. The van der Waals surface area contributed by atoms with Gasteiger partial charge in [-0.2, -0.15) is 0 Å². The Hall–Kier alpha value is -1.19. The van der Waals surface area contributed by atoms with Gasteiger partial charge in [-0.15, -0.1) is 23.2 Å². The van der Waals surface area contributed by atoms with E-state index in [1.807, 2.05) is 12.1 Å². The summed E-state index contributed by atoms with van der Waals surface area (Å²) in [4.78, 5) is 15.2. The van der Waals surface area contributed by atoms with Gasteiger partial charge in [0.05, 0.1) is 6.42 Å². The Labute approximate surface area is 278 Å². The minimum Gasteiger partial charge on any atom is -0.462 e. The predicted octanol–water partition coefficient (Wildman–Crippen LogP) is 10.5. The van der Waals surface area contributed by atoms with Crippen LogP contribution in [0.5, 0.6) is 0 Å². The fourth-order valence-corrected chi connectivity index (χ4v) is 11.0. The Bertz CT molecular complexity index is 1130. The third-order valence-electron chi connectivity index (χ3n) is 12.9. The topological polar surface area (TPSA) is 29.5 Å². The zero-order valence-corrected chi connectivity index (χ0v) is 29.8. The normalized spacial score (nSPS) is 33.6. The zero-order valence-electron chi connectivity index (χ0n) is 28.3. The van der Waals surface area contributed by atoms with Crippen molar-refractivity contribution in [3.63, 3.8) is 0 Å². The summed E-state index contributed by atoms with van der Waals surface area (Å²) in [6, 6.07) is 8.19. The molecule has 5 rings (SSSR count). The first-order valence-electron chi connectivity index (χ1n) is 17.9. The number of carbonyl (C=O) groups excluding carboxylic acids is 1. The van der Waals surface area contributed by atoms with Gasteiger partial charge >= 0.3 is 5.97 Å². The van der Waals surface area contributed by atoms with Gasteiger partial charge in [0, 0.05) is 37.0 Å². The van der Waals surface area contributed by atoms with Crippen LogP contribution in [0.3, 0.4) is 0 Å². The maximum absolute atomic E-state index is 13.0. The highest BCUT2D eigenvalue weighted by Gasteiger charge is 2.59. The lowest BCUT2D eigenvalue weighted by atomic mass is 9.47. The summed E-state index contributed by atoms with van der Waals surface area (Å²) < 4.78 is 6.13. The Morgan fingerprint density at radius 2 is 1.68 bits per heavy atom. The number of ether oxygens (including phenoxy) is 1. The van der Waals surface area contributed by atoms with Crippen molar-refractivity contribution >= 4 is 34.9 Å². The fourth-order valence-electron chi connectivity index (χ4n) is 10.5. The van der Waals surface area contributed by atoms with Gasteiger partial charge in [-0.05, 0) is 109 Å². The molecule has 3 nitrogen and oxygen atoms in total. The molecule has 0 heterocycles. The van der Waals surface area contributed by atoms with E-state index in [2.05, 4.69) is 57.7 Å². The van der Waals surface area contributed by atoms with E-state index >= 15 is 0 Å². The van der Waals surface area contributed by atoms with Crippen LogP contribution in [0.4, 0.5) is 5.69 Å². The van der Waals surface area contributed by atoms with Gasteiger partial charge in [0.15, 0.2) is 0 Å². The van der Waals surface area contributed by atoms with Crippen LogP contribution in [0, 0.1) is 46.3 Å². The fraction of sp³-hybridized carbons (Fsp3) is 0.769. The van der Waals surface area contributed by atoms with Crippen molar-refractivity contribution in [2.45, 2.75) is 118 Å². The number of esters is 1. The number of fused-ring (bicyclic) bond motifs is 5. The van der Waals surface area contributed by atoms with E-state index in [1.165, 1.54) is 51.4 Å². The number of carbonyl (C=O) groups is 1. The highest BCUT2D eigenvalue weighted by molar-refractivity contribution is 6.18. The van der Waals surface area contributed by atoms with Crippen molar-refractivity contribution in [3.8, 4) is 0 Å². The predicted molar refractivity (Wildman–Crippen MR) is 187 cm³/mol. The van der Waals surface area contributed by atoms with E-state index in [0.29, 0.717) is 23.6 Å². The summed E-state index contributed by atoms with van der Waals surface area (Å²) in [5.41, 5.74) is 4.47. The molecule has 8 atom stereocenters. The molecule has 3 fully saturated rings. The van der Waals surface area contributed by atoms with Crippen LogP contribution in [0.15, 0.2) is 35.9 Å². The largest absolute Gasteiger partial charge is 0.462 e. The molecular weight excluding hydrogens is 585 g/mol. The smallest absolute Gasteiger partial charge is 0.310 e. The lowest BCUT2D eigenvalue weighted by molar-refractivity contribution is -0.150. The second-order valence-corrected chi connectivity index (χ2v) is 16.6. The number of benzene rings is 1. The molecule has 0 aromatic heterocycles. The number of hydrogen-bond acceptors (Lipinski definition) is 3. The Morgan fingerprint density at radius 3 is 2.36 bits per heavy atom. The van der Waals surface area contributed by atoms with Crippen molar-refractivity contribution < 1.29 is 9.53 Å². The molecular formula is C39H59Cl2NO2. The minimum absolute atomic E-state index is 0.0111. The van der Waals surface area contributed by atoms with Gasteiger partial charge in [0.1, 0.15) is 6.10 Å². The van der Waals surface area contributed by atoms with Crippen LogP contribution in [0.1, 0.15) is 111 Å². The molecule has 1 aromatic carbocycles. The minimum atomic E-state index is -0.105. The first-order chi connectivity index (χ1) is 21.1. The lowest BCUT2D eigenvalue weighted by Crippen LogP contribution is -2.51. The van der Waals surface area contributed by atoms with E-state index in [9.17, 15) is 4.79 Å². The highest BCUT2D eigenvalue weighted by atomic mass is 35.5. The number of halogens is 2. The molecule has 0 bridgehead atoms. The average Bonchev–Trinajstić information content (AvgIpc) is 3.35. The first-order valence-corrected chi connectivity index (χ1v) is 19.0. The second kappa shape index (κ2) is 14.7. The van der Waals surface area contributed by atoms with Crippen molar-refractivity contribution in [2.24, 2.45) is 46.3 Å². The van der Waals surface area contributed by atoms with Crippen LogP contribution < -0.4 is 4.90 Å². The van der Waals surface area contributed by atoms with Gasteiger partial charge in [0.2, 0.25) is 0 Å². The maximum atomic E-state index is 13.0. The number of allylic oxidation sites excluding steroid dienone is 1.